The van der Waals surface area contributed by atoms with Gasteiger partial charge in [-0.2, -0.15) is 4.31 Å². The maximum atomic E-state index is 13.0. The van der Waals surface area contributed by atoms with Gasteiger partial charge >= 0.3 is 0 Å². The van der Waals surface area contributed by atoms with E-state index in [1.54, 1.807) is 25.3 Å². The molecular weight excluding hydrogens is 360 g/mol. The topological polar surface area (TPSA) is 49.9 Å². The predicted octanol–water partition coefficient (Wildman–Crippen LogP) is 3.03. The quantitative estimate of drug-likeness (QED) is 0.818. The zero-order chi connectivity index (χ0) is 18.0. The van der Waals surface area contributed by atoms with Gasteiger partial charge in [0.05, 0.1) is 12.0 Å². The van der Waals surface area contributed by atoms with Gasteiger partial charge in [-0.3, -0.25) is 4.90 Å². The predicted molar refractivity (Wildman–Crippen MR) is 98.6 cm³/mol. The molecule has 25 heavy (non-hydrogen) atoms. The Hall–Kier alpha value is -1.60. The summed E-state index contributed by atoms with van der Waals surface area (Å²) in [6.45, 7) is 1.49. The van der Waals surface area contributed by atoms with Crippen molar-refractivity contribution in [3.8, 4) is 5.75 Å². The first-order valence-electron chi connectivity index (χ1n) is 8.02. The van der Waals surface area contributed by atoms with Crippen LogP contribution in [0.4, 0.5) is 0 Å². The molecule has 0 N–H and O–H groups in total. The van der Waals surface area contributed by atoms with Crippen LogP contribution in [0.15, 0.2) is 53.4 Å². The van der Waals surface area contributed by atoms with E-state index < -0.39 is 10.0 Å². The van der Waals surface area contributed by atoms with Crippen molar-refractivity contribution in [1.29, 1.82) is 0 Å². The fourth-order valence-corrected chi connectivity index (χ4v) is 4.79. The van der Waals surface area contributed by atoms with E-state index in [2.05, 4.69) is 4.90 Å². The molecule has 1 heterocycles. The van der Waals surface area contributed by atoms with Gasteiger partial charge in [-0.05, 0) is 42.9 Å². The first-order valence-corrected chi connectivity index (χ1v) is 9.83. The standard InChI is InChI=1S/C18H21ClN2O3S/c1-20-9-10-21(25(22,23)17-8-4-6-15(19)12-17)13-18(20)14-5-3-7-16(11-14)24-2/h3-8,11-12,18H,9-10,13H2,1-2H3. The van der Waals surface area contributed by atoms with Gasteiger partial charge in [0.2, 0.25) is 10.0 Å². The lowest BCUT2D eigenvalue weighted by Gasteiger charge is -2.39. The van der Waals surface area contributed by atoms with Crippen LogP contribution < -0.4 is 4.74 Å². The SMILES string of the molecule is COc1cccc(C2CN(S(=O)(=O)c3cccc(Cl)c3)CCN2C)c1. The number of sulfonamides is 1. The highest BCUT2D eigenvalue weighted by Gasteiger charge is 2.33. The van der Waals surface area contributed by atoms with Crippen LogP contribution in [0.25, 0.3) is 0 Å². The molecule has 0 amide bonds. The van der Waals surface area contributed by atoms with Crippen LogP contribution in [0.3, 0.4) is 0 Å². The minimum Gasteiger partial charge on any atom is -0.497 e. The van der Waals surface area contributed by atoms with Crippen molar-refractivity contribution >= 4 is 21.6 Å². The van der Waals surface area contributed by atoms with Crippen LogP contribution in [0.1, 0.15) is 11.6 Å². The highest BCUT2D eigenvalue weighted by molar-refractivity contribution is 7.89. The zero-order valence-electron chi connectivity index (χ0n) is 14.2. The van der Waals surface area contributed by atoms with Crippen molar-refractivity contribution in [2.24, 2.45) is 0 Å². The number of hydrogen-bond acceptors (Lipinski definition) is 4. The number of likely N-dealkylation sites (N-methyl/N-ethyl adjacent to an activating group) is 1. The van der Waals surface area contributed by atoms with Gasteiger partial charge in [-0.1, -0.05) is 29.8 Å². The third kappa shape index (κ3) is 3.82. The van der Waals surface area contributed by atoms with E-state index >= 15 is 0 Å². The summed E-state index contributed by atoms with van der Waals surface area (Å²) in [5, 5.41) is 0.416. The fourth-order valence-electron chi connectivity index (χ4n) is 3.05. The Morgan fingerprint density at radius 3 is 2.60 bits per heavy atom. The number of benzene rings is 2. The van der Waals surface area contributed by atoms with Crippen LogP contribution in [0.2, 0.25) is 5.02 Å². The van der Waals surface area contributed by atoms with E-state index in [9.17, 15) is 8.42 Å². The molecule has 3 rings (SSSR count). The van der Waals surface area contributed by atoms with Crippen molar-refractivity contribution < 1.29 is 13.2 Å². The molecule has 1 atom stereocenters. The van der Waals surface area contributed by atoms with Gasteiger partial charge < -0.3 is 4.74 Å². The summed E-state index contributed by atoms with van der Waals surface area (Å²) in [6.07, 6.45) is 0. The molecule has 1 saturated heterocycles. The summed E-state index contributed by atoms with van der Waals surface area (Å²) in [7, 11) is 0.0584. The first kappa shape index (κ1) is 18.2. The minimum atomic E-state index is -3.57. The second-order valence-electron chi connectivity index (χ2n) is 6.09. The Kier molecular flexibility index (Phi) is 5.34. The maximum absolute atomic E-state index is 13.0. The zero-order valence-corrected chi connectivity index (χ0v) is 15.8. The Bertz CT molecular complexity index is 857. The van der Waals surface area contributed by atoms with E-state index in [1.165, 1.54) is 10.4 Å². The average Bonchev–Trinajstić information content (AvgIpc) is 2.62. The van der Waals surface area contributed by atoms with Crippen LogP contribution in [-0.4, -0.2) is 51.4 Å². The Morgan fingerprint density at radius 2 is 1.88 bits per heavy atom. The molecule has 1 aliphatic rings. The number of piperazine rings is 1. The molecule has 7 heteroatoms. The van der Waals surface area contributed by atoms with Gasteiger partial charge in [-0.15, -0.1) is 0 Å². The smallest absolute Gasteiger partial charge is 0.243 e. The molecule has 0 saturated carbocycles. The van der Waals surface area contributed by atoms with Gasteiger partial charge in [0.15, 0.2) is 0 Å². The summed E-state index contributed by atoms with van der Waals surface area (Å²) >= 11 is 5.97. The molecule has 1 unspecified atom stereocenters. The molecule has 134 valence electrons. The molecule has 1 aliphatic heterocycles. The van der Waals surface area contributed by atoms with E-state index in [0.717, 1.165) is 11.3 Å². The highest BCUT2D eigenvalue weighted by atomic mass is 35.5. The van der Waals surface area contributed by atoms with Crippen molar-refractivity contribution in [2.45, 2.75) is 10.9 Å². The van der Waals surface area contributed by atoms with E-state index in [0.29, 0.717) is 24.7 Å². The van der Waals surface area contributed by atoms with Gasteiger partial charge in [0, 0.05) is 30.7 Å². The Balaban J connectivity index is 1.89. The number of halogens is 1. The molecule has 5 nitrogen and oxygen atoms in total. The lowest BCUT2D eigenvalue weighted by Crippen LogP contribution is -2.48. The number of ether oxygens (including phenoxy) is 1. The molecular formula is C18H21ClN2O3S. The minimum absolute atomic E-state index is 0.0298. The van der Waals surface area contributed by atoms with Gasteiger partial charge in [0.25, 0.3) is 0 Å². The highest BCUT2D eigenvalue weighted by Crippen LogP contribution is 2.30. The maximum Gasteiger partial charge on any atom is 0.243 e. The summed E-state index contributed by atoms with van der Waals surface area (Å²) in [4.78, 5) is 2.40. The molecule has 2 aromatic rings. The van der Waals surface area contributed by atoms with E-state index in [-0.39, 0.29) is 10.9 Å². The molecule has 0 aromatic heterocycles. The largest absolute Gasteiger partial charge is 0.497 e. The Labute approximate surface area is 153 Å². The Morgan fingerprint density at radius 1 is 1.12 bits per heavy atom. The fraction of sp³-hybridized carbons (Fsp3) is 0.333. The molecule has 0 aliphatic carbocycles. The van der Waals surface area contributed by atoms with E-state index in [4.69, 9.17) is 16.3 Å². The van der Waals surface area contributed by atoms with Crippen LogP contribution in [0.5, 0.6) is 5.75 Å². The second kappa shape index (κ2) is 7.33. The number of hydrogen-bond donors (Lipinski definition) is 0. The second-order valence-corrected chi connectivity index (χ2v) is 8.47. The summed E-state index contributed by atoms with van der Waals surface area (Å²) < 4.78 is 32.8. The van der Waals surface area contributed by atoms with Crippen LogP contribution >= 0.6 is 11.6 Å². The first-order chi connectivity index (χ1) is 11.9. The average molecular weight is 381 g/mol. The third-order valence-corrected chi connectivity index (χ3v) is 6.62. The van der Waals surface area contributed by atoms with Gasteiger partial charge in [0.1, 0.15) is 5.75 Å². The van der Waals surface area contributed by atoms with Crippen molar-refractivity contribution in [3.05, 3.63) is 59.1 Å². The van der Waals surface area contributed by atoms with Crippen molar-refractivity contribution in [1.82, 2.24) is 9.21 Å². The lowest BCUT2D eigenvalue weighted by atomic mass is 10.0. The summed E-state index contributed by atoms with van der Waals surface area (Å²) in [6, 6.07) is 14.1. The normalized spacial score (nSPS) is 19.7. The molecule has 1 fully saturated rings. The van der Waals surface area contributed by atoms with Crippen molar-refractivity contribution in [2.75, 3.05) is 33.8 Å². The number of methoxy groups -OCH3 is 1. The molecule has 0 spiro atoms. The van der Waals surface area contributed by atoms with Gasteiger partial charge in [-0.25, -0.2) is 8.42 Å². The lowest BCUT2D eigenvalue weighted by molar-refractivity contribution is 0.148. The molecule has 2 aromatic carbocycles. The van der Waals surface area contributed by atoms with E-state index in [1.807, 2.05) is 31.3 Å². The monoisotopic (exact) mass is 380 g/mol. The number of rotatable bonds is 4. The molecule has 0 bridgehead atoms. The van der Waals surface area contributed by atoms with Crippen LogP contribution in [0, 0.1) is 0 Å². The number of nitrogens with zero attached hydrogens (tertiary/aromatic N) is 2. The summed E-state index contributed by atoms with van der Waals surface area (Å²) in [5.74, 6) is 0.765. The third-order valence-electron chi connectivity index (χ3n) is 4.52. The van der Waals surface area contributed by atoms with Crippen LogP contribution in [-0.2, 0) is 10.0 Å². The molecule has 0 radical (unpaired) electrons. The summed E-state index contributed by atoms with van der Waals surface area (Å²) in [5.41, 5.74) is 1.04. The van der Waals surface area contributed by atoms with Crippen molar-refractivity contribution in [3.63, 3.8) is 0 Å².